The fraction of sp³-hybridized carbons (Fsp3) is 1.00. The van der Waals surface area contributed by atoms with E-state index < -0.39 is 0 Å². The van der Waals surface area contributed by atoms with Gasteiger partial charge in [-0.05, 0) is 61.2 Å². The molecule has 0 aromatic carbocycles. The second-order valence-corrected chi connectivity index (χ2v) is 6.39. The Bertz CT molecular complexity index is 234. The van der Waals surface area contributed by atoms with Crippen molar-refractivity contribution in [1.29, 1.82) is 0 Å². The van der Waals surface area contributed by atoms with Crippen molar-refractivity contribution in [3.63, 3.8) is 0 Å². The van der Waals surface area contributed by atoms with Crippen molar-refractivity contribution in [2.24, 2.45) is 34.8 Å². The van der Waals surface area contributed by atoms with Crippen molar-refractivity contribution in [3.8, 4) is 0 Å². The standard InChI is InChI=1S/C13H23N/c1-8-6-13(7-9(8)2)11-4-3-10(5-11)12(13)14/h8-12H,3-7,14H2,1-2H3/t8?,9?,10-,11?,12-,13?/m1/s1. The lowest BCUT2D eigenvalue weighted by Gasteiger charge is -2.39. The largest absolute Gasteiger partial charge is 0.327 e. The minimum atomic E-state index is 0.550. The third kappa shape index (κ3) is 0.946. The van der Waals surface area contributed by atoms with E-state index in [0.717, 1.165) is 23.7 Å². The van der Waals surface area contributed by atoms with Crippen LogP contribution in [0.5, 0.6) is 0 Å². The molecule has 0 amide bonds. The summed E-state index contributed by atoms with van der Waals surface area (Å²) in [5.74, 6) is 3.72. The van der Waals surface area contributed by atoms with E-state index in [-0.39, 0.29) is 0 Å². The van der Waals surface area contributed by atoms with Gasteiger partial charge in [-0.1, -0.05) is 13.8 Å². The van der Waals surface area contributed by atoms with Gasteiger partial charge in [0.15, 0.2) is 0 Å². The van der Waals surface area contributed by atoms with Gasteiger partial charge < -0.3 is 5.73 Å². The van der Waals surface area contributed by atoms with E-state index >= 15 is 0 Å². The molecular weight excluding hydrogens is 170 g/mol. The Morgan fingerprint density at radius 3 is 2.21 bits per heavy atom. The van der Waals surface area contributed by atoms with E-state index in [1.54, 1.807) is 0 Å². The first-order chi connectivity index (χ1) is 6.63. The van der Waals surface area contributed by atoms with Gasteiger partial charge in [-0.3, -0.25) is 0 Å². The van der Waals surface area contributed by atoms with E-state index in [1.807, 2.05) is 0 Å². The first kappa shape index (κ1) is 9.21. The predicted octanol–water partition coefficient (Wildman–Crippen LogP) is 2.80. The zero-order valence-electron chi connectivity index (χ0n) is 9.50. The summed E-state index contributed by atoms with van der Waals surface area (Å²) in [7, 11) is 0. The van der Waals surface area contributed by atoms with E-state index in [9.17, 15) is 0 Å². The first-order valence-corrected chi connectivity index (χ1v) is 6.39. The molecule has 3 aliphatic rings. The second-order valence-electron chi connectivity index (χ2n) is 6.39. The summed E-state index contributed by atoms with van der Waals surface area (Å²) in [4.78, 5) is 0. The van der Waals surface area contributed by atoms with Crippen molar-refractivity contribution in [2.75, 3.05) is 0 Å². The van der Waals surface area contributed by atoms with Gasteiger partial charge in [0.1, 0.15) is 0 Å². The van der Waals surface area contributed by atoms with Crippen LogP contribution in [0, 0.1) is 29.1 Å². The molecule has 1 nitrogen and oxygen atoms in total. The van der Waals surface area contributed by atoms with Gasteiger partial charge >= 0.3 is 0 Å². The average molecular weight is 193 g/mol. The first-order valence-electron chi connectivity index (χ1n) is 6.39. The van der Waals surface area contributed by atoms with Crippen molar-refractivity contribution in [2.45, 2.75) is 52.0 Å². The van der Waals surface area contributed by atoms with Crippen molar-refractivity contribution in [1.82, 2.24) is 0 Å². The predicted molar refractivity (Wildman–Crippen MR) is 58.8 cm³/mol. The van der Waals surface area contributed by atoms with E-state index in [4.69, 9.17) is 5.73 Å². The van der Waals surface area contributed by atoms with Crippen molar-refractivity contribution < 1.29 is 0 Å². The number of fused-ring (bicyclic) bond motifs is 3. The van der Waals surface area contributed by atoms with E-state index in [0.29, 0.717) is 11.5 Å². The normalized spacial score (nSPS) is 61.5. The van der Waals surface area contributed by atoms with Gasteiger partial charge in [0, 0.05) is 6.04 Å². The van der Waals surface area contributed by atoms with Crippen LogP contribution in [0.4, 0.5) is 0 Å². The fourth-order valence-electron chi connectivity index (χ4n) is 4.90. The highest BCUT2D eigenvalue weighted by Crippen LogP contribution is 2.64. The SMILES string of the molecule is CC1CC2(CC1C)C1CC[C@H](C1)[C@H]2N. The van der Waals surface area contributed by atoms with Crippen LogP contribution in [0.1, 0.15) is 46.0 Å². The molecule has 14 heavy (non-hydrogen) atoms. The fourth-order valence-corrected chi connectivity index (χ4v) is 4.90. The second kappa shape index (κ2) is 2.75. The third-order valence-corrected chi connectivity index (χ3v) is 5.83. The van der Waals surface area contributed by atoms with Crippen LogP contribution in [-0.4, -0.2) is 6.04 Å². The van der Waals surface area contributed by atoms with Crippen molar-refractivity contribution in [3.05, 3.63) is 0 Å². The van der Waals surface area contributed by atoms with Crippen LogP contribution in [0.25, 0.3) is 0 Å². The summed E-state index contributed by atoms with van der Waals surface area (Å²) >= 11 is 0. The molecule has 0 radical (unpaired) electrons. The minimum Gasteiger partial charge on any atom is -0.327 e. The van der Waals surface area contributed by atoms with Crippen LogP contribution in [-0.2, 0) is 0 Å². The Kier molecular flexibility index (Phi) is 1.81. The molecule has 0 saturated heterocycles. The molecule has 3 fully saturated rings. The molecule has 0 aromatic heterocycles. The van der Waals surface area contributed by atoms with Gasteiger partial charge in [0.25, 0.3) is 0 Å². The molecule has 3 saturated carbocycles. The third-order valence-electron chi connectivity index (χ3n) is 5.83. The molecule has 1 spiro atoms. The van der Waals surface area contributed by atoms with Gasteiger partial charge in [0.2, 0.25) is 0 Å². The molecule has 3 rings (SSSR count). The molecule has 2 N–H and O–H groups in total. The zero-order valence-corrected chi connectivity index (χ0v) is 9.50. The maximum atomic E-state index is 6.48. The van der Waals surface area contributed by atoms with E-state index in [2.05, 4.69) is 13.8 Å². The maximum absolute atomic E-state index is 6.48. The monoisotopic (exact) mass is 193 g/mol. The van der Waals surface area contributed by atoms with E-state index in [1.165, 1.54) is 32.1 Å². The molecule has 5 atom stereocenters. The molecule has 3 unspecified atom stereocenters. The lowest BCUT2D eigenvalue weighted by atomic mass is 9.68. The highest BCUT2D eigenvalue weighted by atomic mass is 14.8. The van der Waals surface area contributed by atoms with Gasteiger partial charge in [-0.2, -0.15) is 0 Å². The summed E-state index contributed by atoms with van der Waals surface area (Å²) < 4.78 is 0. The quantitative estimate of drug-likeness (QED) is 0.629. The number of rotatable bonds is 0. The minimum absolute atomic E-state index is 0.550. The summed E-state index contributed by atoms with van der Waals surface area (Å²) in [5, 5.41) is 0. The Morgan fingerprint density at radius 1 is 1.07 bits per heavy atom. The number of hydrogen-bond acceptors (Lipinski definition) is 1. The number of nitrogens with two attached hydrogens (primary N) is 1. The topological polar surface area (TPSA) is 26.0 Å². The molecule has 2 bridgehead atoms. The highest BCUT2D eigenvalue weighted by molar-refractivity contribution is 5.11. The lowest BCUT2D eigenvalue weighted by molar-refractivity contribution is 0.131. The summed E-state index contributed by atoms with van der Waals surface area (Å²) in [6.45, 7) is 4.86. The molecule has 80 valence electrons. The smallest absolute Gasteiger partial charge is 0.0127 e. The Hall–Kier alpha value is -0.0400. The summed E-state index contributed by atoms with van der Waals surface area (Å²) in [5.41, 5.74) is 7.07. The average Bonchev–Trinajstić information content (AvgIpc) is 2.76. The van der Waals surface area contributed by atoms with Crippen LogP contribution in [0.15, 0.2) is 0 Å². The summed E-state index contributed by atoms with van der Waals surface area (Å²) in [6, 6.07) is 0.550. The molecule has 0 aromatic rings. The van der Waals surface area contributed by atoms with Crippen LogP contribution in [0.2, 0.25) is 0 Å². The van der Waals surface area contributed by atoms with Gasteiger partial charge in [-0.15, -0.1) is 0 Å². The zero-order chi connectivity index (χ0) is 9.92. The van der Waals surface area contributed by atoms with Crippen LogP contribution in [0.3, 0.4) is 0 Å². The lowest BCUT2D eigenvalue weighted by Crippen LogP contribution is -2.44. The molecular formula is C13H23N. The molecule has 0 aliphatic heterocycles. The Labute approximate surface area is 87.4 Å². The highest BCUT2D eigenvalue weighted by Gasteiger charge is 2.59. The molecule has 3 aliphatic carbocycles. The molecule has 0 heterocycles. The van der Waals surface area contributed by atoms with Crippen LogP contribution < -0.4 is 5.73 Å². The molecule has 1 heteroatoms. The Balaban J connectivity index is 1.91. The Morgan fingerprint density at radius 2 is 1.71 bits per heavy atom. The van der Waals surface area contributed by atoms with Gasteiger partial charge in [-0.25, -0.2) is 0 Å². The maximum Gasteiger partial charge on any atom is 0.0127 e. The van der Waals surface area contributed by atoms with Gasteiger partial charge in [0.05, 0.1) is 0 Å². The number of hydrogen-bond donors (Lipinski definition) is 1. The van der Waals surface area contributed by atoms with Crippen molar-refractivity contribution >= 4 is 0 Å². The summed E-state index contributed by atoms with van der Waals surface area (Å²) in [6.07, 6.45) is 7.22. The van der Waals surface area contributed by atoms with Crippen LogP contribution >= 0.6 is 0 Å².